The Hall–Kier alpha value is -2.74. The van der Waals surface area contributed by atoms with E-state index in [4.69, 9.17) is 4.74 Å². The van der Waals surface area contributed by atoms with Gasteiger partial charge in [0.05, 0.1) is 6.61 Å². The minimum atomic E-state index is -4.54. The average molecular weight is 391 g/mol. The van der Waals surface area contributed by atoms with E-state index < -0.39 is 11.7 Å². The van der Waals surface area contributed by atoms with Gasteiger partial charge in [-0.2, -0.15) is 13.2 Å². The Kier molecular flexibility index (Phi) is 5.85. The van der Waals surface area contributed by atoms with E-state index in [0.29, 0.717) is 22.9 Å². The van der Waals surface area contributed by atoms with E-state index in [0.717, 1.165) is 18.0 Å². The van der Waals surface area contributed by atoms with Crippen molar-refractivity contribution in [2.75, 3.05) is 11.9 Å². The lowest BCUT2D eigenvalue weighted by molar-refractivity contribution is -0.140. The van der Waals surface area contributed by atoms with Gasteiger partial charge in [0.1, 0.15) is 16.3 Å². The summed E-state index contributed by atoms with van der Waals surface area (Å²) in [5, 5.41) is 2.76. The fourth-order valence-electron chi connectivity index (χ4n) is 2.26. The van der Waals surface area contributed by atoms with Crippen LogP contribution in [-0.2, 0) is 6.18 Å². The van der Waals surface area contributed by atoms with Gasteiger partial charge in [-0.05, 0) is 31.2 Å². The molecule has 1 aromatic heterocycles. The molecule has 0 saturated heterocycles. The van der Waals surface area contributed by atoms with Crippen molar-refractivity contribution in [2.45, 2.75) is 23.0 Å². The van der Waals surface area contributed by atoms with E-state index in [9.17, 15) is 13.2 Å². The van der Waals surface area contributed by atoms with Gasteiger partial charge in [-0.3, -0.25) is 0 Å². The maximum atomic E-state index is 13.3. The Bertz CT molecular complexity index is 904. The molecule has 4 nitrogen and oxygen atoms in total. The quantitative estimate of drug-likeness (QED) is 0.539. The molecule has 3 aromatic rings. The number of hydrogen-bond donors (Lipinski definition) is 1. The van der Waals surface area contributed by atoms with E-state index in [1.165, 1.54) is 0 Å². The fourth-order valence-corrected chi connectivity index (χ4v) is 3.19. The van der Waals surface area contributed by atoms with Gasteiger partial charge >= 0.3 is 6.18 Å². The molecule has 1 N–H and O–H groups in total. The summed E-state index contributed by atoms with van der Waals surface area (Å²) in [6, 6.07) is 15.8. The van der Waals surface area contributed by atoms with Crippen molar-refractivity contribution in [3.63, 3.8) is 0 Å². The molecule has 0 bridgehead atoms. The molecule has 2 aromatic carbocycles. The molecule has 0 amide bonds. The molecule has 140 valence electrons. The van der Waals surface area contributed by atoms with Crippen LogP contribution in [0.2, 0.25) is 0 Å². The molecule has 0 spiro atoms. The zero-order valence-electron chi connectivity index (χ0n) is 14.3. The van der Waals surface area contributed by atoms with Crippen LogP contribution in [0.1, 0.15) is 12.5 Å². The van der Waals surface area contributed by atoms with Crippen molar-refractivity contribution < 1.29 is 17.9 Å². The minimum absolute atomic E-state index is 0.0788. The summed E-state index contributed by atoms with van der Waals surface area (Å²) in [4.78, 5) is 8.57. The molecule has 8 heteroatoms. The maximum Gasteiger partial charge on any atom is 0.420 e. The molecule has 1 heterocycles. The second kappa shape index (κ2) is 8.30. The van der Waals surface area contributed by atoms with E-state index in [1.54, 1.807) is 54.6 Å². The Balaban J connectivity index is 1.90. The first kappa shape index (κ1) is 19.0. The summed E-state index contributed by atoms with van der Waals surface area (Å²) in [5.41, 5.74) is -0.249. The van der Waals surface area contributed by atoms with Crippen LogP contribution in [0.15, 0.2) is 70.7 Å². The number of alkyl halides is 3. The lowest BCUT2D eigenvalue weighted by Gasteiger charge is -2.13. The Labute approximate surface area is 158 Å². The Morgan fingerprint density at radius 2 is 1.85 bits per heavy atom. The SMILES string of the molecule is CCOc1cccc(Nc2ncc(C(F)(F)F)c(Sc3ccccc3)n2)c1. The van der Waals surface area contributed by atoms with Crippen LogP contribution >= 0.6 is 11.8 Å². The van der Waals surface area contributed by atoms with Crippen LogP contribution in [0.3, 0.4) is 0 Å². The first-order valence-electron chi connectivity index (χ1n) is 8.12. The monoisotopic (exact) mass is 391 g/mol. The van der Waals surface area contributed by atoms with Gasteiger partial charge in [-0.25, -0.2) is 9.97 Å². The van der Waals surface area contributed by atoms with Gasteiger partial charge in [-0.15, -0.1) is 0 Å². The standard InChI is InChI=1S/C19H16F3N3OS/c1-2-26-14-8-6-7-13(11-14)24-18-23-12-16(19(20,21)22)17(25-18)27-15-9-4-3-5-10-15/h3-12H,2H2,1H3,(H,23,24,25). The molecule has 27 heavy (non-hydrogen) atoms. The lowest BCUT2D eigenvalue weighted by Crippen LogP contribution is -2.10. The second-order valence-electron chi connectivity index (χ2n) is 5.41. The largest absolute Gasteiger partial charge is 0.494 e. The molecule has 0 radical (unpaired) electrons. The van der Waals surface area contributed by atoms with Crippen LogP contribution < -0.4 is 10.1 Å². The number of nitrogens with zero attached hydrogens (tertiary/aromatic N) is 2. The molecule has 0 aliphatic carbocycles. The average Bonchev–Trinajstić information content (AvgIpc) is 2.62. The van der Waals surface area contributed by atoms with E-state index in [2.05, 4.69) is 15.3 Å². The third-order valence-corrected chi connectivity index (χ3v) is 4.43. The third kappa shape index (κ3) is 5.13. The topological polar surface area (TPSA) is 47.0 Å². The second-order valence-corrected chi connectivity index (χ2v) is 6.47. The summed E-state index contributed by atoms with van der Waals surface area (Å²) < 4.78 is 45.4. The summed E-state index contributed by atoms with van der Waals surface area (Å²) >= 11 is 0.941. The molecule has 0 saturated carbocycles. The highest BCUT2D eigenvalue weighted by atomic mass is 32.2. The molecule has 0 atom stereocenters. The van der Waals surface area contributed by atoms with Crippen molar-refractivity contribution in [1.29, 1.82) is 0 Å². The van der Waals surface area contributed by atoms with Crippen LogP contribution in [0.5, 0.6) is 5.75 Å². The number of benzene rings is 2. The molecule has 0 fully saturated rings. The predicted molar refractivity (Wildman–Crippen MR) is 98.5 cm³/mol. The van der Waals surface area contributed by atoms with Crippen LogP contribution in [-0.4, -0.2) is 16.6 Å². The minimum Gasteiger partial charge on any atom is -0.494 e. The third-order valence-electron chi connectivity index (χ3n) is 3.42. The van der Waals surface area contributed by atoms with Crippen molar-refractivity contribution in [2.24, 2.45) is 0 Å². The fraction of sp³-hybridized carbons (Fsp3) is 0.158. The van der Waals surface area contributed by atoms with Gasteiger partial charge in [-0.1, -0.05) is 36.0 Å². The zero-order chi connectivity index (χ0) is 19.3. The Morgan fingerprint density at radius 1 is 1.07 bits per heavy atom. The van der Waals surface area contributed by atoms with E-state index in [1.807, 2.05) is 6.92 Å². The lowest BCUT2D eigenvalue weighted by atomic mass is 10.3. The van der Waals surface area contributed by atoms with Crippen molar-refractivity contribution in [3.05, 3.63) is 66.4 Å². The summed E-state index contributed by atoms with van der Waals surface area (Å²) in [5.74, 6) is 0.725. The number of hydrogen-bond acceptors (Lipinski definition) is 5. The normalized spacial score (nSPS) is 11.3. The Morgan fingerprint density at radius 3 is 2.56 bits per heavy atom. The van der Waals surface area contributed by atoms with Crippen LogP contribution in [0.4, 0.5) is 24.8 Å². The number of anilines is 2. The van der Waals surface area contributed by atoms with Gasteiger partial charge in [0, 0.05) is 22.8 Å². The van der Waals surface area contributed by atoms with E-state index in [-0.39, 0.29) is 11.0 Å². The number of aromatic nitrogens is 2. The first-order chi connectivity index (χ1) is 13.0. The highest BCUT2D eigenvalue weighted by Gasteiger charge is 2.35. The van der Waals surface area contributed by atoms with Crippen molar-refractivity contribution >= 4 is 23.4 Å². The number of nitrogens with one attached hydrogen (secondary N) is 1. The highest BCUT2D eigenvalue weighted by Crippen LogP contribution is 2.38. The van der Waals surface area contributed by atoms with Crippen LogP contribution in [0.25, 0.3) is 0 Å². The van der Waals surface area contributed by atoms with Gasteiger partial charge < -0.3 is 10.1 Å². The summed E-state index contributed by atoms with van der Waals surface area (Å²) in [7, 11) is 0. The zero-order valence-corrected chi connectivity index (χ0v) is 15.1. The number of ether oxygens (including phenoxy) is 1. The van der Waals surface area contributed by atoms with Gasteiger partial charge in [0.2, 0.25) is 5.95 Å². The van der Waals surface area contributed by atoms with Gasteiger partial charge in [0.15, 0.2) is 0 Å². The predicted octanol–water partition coefficient (Wildman–Crippen LogP) is 5.79. The first-order valence-corrected chi connectivity index (χ1v) is 8.94. The molecular weight excluding hydrogens is 375 g/mol. The van der Waals surface area contributed by atoms with E-state index >= 15 is 0 Å². The summed E-state index contributed by atoms with van der Waals surface area (Å²) in [6.07, 6.45) is -3.74. The molecule has 3 rings (SSSR count). The molecule has 0 aliphatic heterocycles. The van der Waals surface area contributed by atoms with Crippen molar-refractivity contribution in [1.82, 2.24) is 9.97 Å². The summed E-state index contributed by atoms with van der Waals surface area (Å²) in [6.45, 7) is 2.38. The van der Waals surface area contributed by atoms with Crippen LogP contribution in [0, 0.1) is 0 Å². The maximum absolute atomic E-state index is 13.3. The number of halogens is 3. The smallest absolute Gasteiger partial charge is 0.420 e. The molecule has 0 aliphatic rings. The molecular formula is C19H16F3N3OS. The van der Waals surface area contributed by atoms with Gasteiger partial charge in [0.25, 0.3) is 0 Å². The highest BCUT2D eigenvalue weighted by molar-refractivity contribution is 7.99. The molecule has 0 unspecified atom stereocenters. The number of rotatable bonds is 6. The van der Waals surface area contributed by atoms with Crippen molar-refractivity contribution in [3.8, 4) is 5.75 Å².